The number of rotatable bonds is 3. The molecule has 1 aliphatic heterocycles. The molecule has 0 aromatic rings. The molecule has 4 amide bonds. The van der Waals surface area contributed by atoms with E-state index < -0.39 is 23.1 Å². The first-order valence-electron chi connectivity index (χ1n) is 5.93. The topological polar surface area (TPSA) is 79.0 Å². The number of ether oxygens (including phenoxy) is 1. The average Bonchev–Trinajstić information content (AvgIpc) is 2.57. The van der Waals surface area contributed by atoms with Gasteiger partial charge in [0.05, 0.1) is 0 Å². The molecule has 1 heterocycles. The van der Waals surface area contributed by atoms with E-state index in [0.29, 0.717) is 13.1 Å². The Balaban J connectivity index is 2.29. The van der Waals surface area contributed by atoms with Crippen LogP contribution in [0.3, 0.4) is 0 Å². The van der Waals surface area contributed by atoms with Crippen LogP contribution in [0.4, 0.5) is 14.4 Å². The van der Waals surface area contributed by atoms with Crippen molar-refractivity contribution in [3.8, 4) is 0 Å². The molecule has 0 radical (unpaired) electrons. The molecule has 0 spiro atoms. The zero-order valence-corrected chi connectivity index (χ0v) is 12.0. The van der Waals surface area contributed by atoms with Gasteiger partial charge >= 0.3 is 17.5 Å². The van der Waals surface area contributed by atoms with E-state index in [4.69, 9.17) is 16.3 Å². The van der Waals surface area contributed by atoms with Crippen LogP contribution in [-0.2, 0) is 4.74 Å². The summed E-state index contributed by atoms with van der Waals surface area (Å²) in [6, 6.07) is -0.439. The van der Waals surface area contributed by atoms with E-state index in [1.54, 1.807) is 20.8 Å². The second-order valence-corrected chi connectivity index (χ2v) is 5.43. The highest BCUT2D eigenvalue weighted by Crippen LogP contribution is 2.10. The van der Waals surface area contributed by atoms with Crippen LogP contribution in [0.25, 0.3) is 0 Å². The molecule has 1 rings (SSSR count). The largest absolute Gasteiger partial charge is 0.444 e. The highest BCUT2D eigenvalue weighted by molar-refractivity contribution is 6.64. The number of nitrogens with one attached hydrogen (secondary N) is 1. The fourth-order valence-electron chi connectivity index (χ4n) is 1.56. The molecule has 7 nitrogen and oxygen atoms in total. The van der Waals surface area contributed by atoms with Crippen molar-refractivity contribution in [3.63, 3.8) is 0 Å². The van der Waals surface area contributed by atoms with E-state index in [1.165, 1.54) is 4.90 Å². The molecule has 0 atom stereocenters. The predicted molar refractivity (Wildman–Crippen MR) is 69.2 cm³/mol. The molecule has 0 aliphatic carbocycles. The summed E-state index contributed by atoms with van der Waals surface area (Å²) in [7, 11) is 0. The smallest absolute Gasteiger partial charge is 0.407 e. The molecule has 0 aromatic carbocycles. The highest BCUT2D eigenvalue weighted by Gasteiger charge is 2.31. The maximum absolute atomic E-state index is 11.7. The van der Waals surface area contributed by atoms with Crippen LogP contribution in [0, 0.1) is 0 Å². The Labute approximate surface area is 116 Å². The Morgan fingerprint density at radius 1 is 1.37 bits per heavy atom. The molecule has 19 heavy (non-hydrogen) atoms. The normalized spacial score (nSPS) is 15.7. The van der Waals surface area contributed by atoms with Crippen molar-refractivity contribution in [3.05, 3.63) is 0 Å². The van der Waals surface area contributed by atoms with Gasteiger partial charge in [-0.2, -0.15) is 0 Å². The number of alkyl carbamates (subject to hydrolysis) is 1. The SMILES string of the molecule is CC(C)(C)OC(=O)NCCN1CCN(C(=O)Cl)C1=O. The fourth-order valence-corrected chi connectivity index (χ4v) is 1.72. The molecule has 0 saturated carbocycles. The summed E-state index contributed by atoms with van der Waals surface area (Å²) in [5, 5.41) is 1.75. The predicted octanol–water partition coefficient (Wildman–Crippen LogP) is 1.61. The number of carbonyl (C=O) groups is 3. The molecule has 0 bridgehead atoms. The van der Waals surface area contributed by atoms with Crippen molar-refractivity contribution < 1.29 is 19.1 Å². The van der Waals surface area contributed by atoms with Gasteiger partial charge < -0.3 is 15.0 Å². The van der Waals surface area contributed by atoms with Gasteiger partial charge in [0.1, 0.15) is 5.60 Å². The number of imide groups is 1. The molecule has 1 fully saturated rings. The van der Waals surface area contributed by atoms with E-state index in [1.807, 2.05) is 0 Å². The van der Waals surface area contributed by atoms with E-state index in [-0.39, 0.29) is 13.1 Å². The van der Waals surface area contributed by atoms with Crippen LogP contribution in [-0.4, -0.2) is 59.1 Å². The third kappa shape index (κ3) is 4.94. The number of halogens is 1. The first-order valence-corrected chi connectivity index (χ1v) is 6.31. The summed E-state index contributed by atoms with van der Waals surface area (Å²) in [6.07, 6.45) is -0.538. The Morgan fingerprint density at radius 2 is 2.00 bits per heavy atom. The molecular weight excluding hydrogens is 274 g/mol. The summed E-state index contributed by atoms with van der Waals surface area (Å²) in [5.74, 6) is 0. The average molecular weight is 292 g/mol. The van der Waals surface area contributed by atoms with Crippen molar-refractivity contribution in [1.29, 1.82) is 0 Å². The standard InChI is InChI=1S/C11H18ClN3O4/c1-11(2,3)19-9(17)13-4-5-14-6-7-15(8(12)16)10(14)18/h4-7H2,1-3H3,(H,13,17). The van der Waals surface area contributed by atoms with Crippen LogP contribution >= 0.6 is 11.6 Å². The maximum atomic E-state index is 11.7. The summed E-state index contributed by atoms with van der Waals surface area (Å²) in [6.45, 7) is 6.53. The fraction of sp³-hybridized carbons (Fsp3) is 0.727. The van der Waals surface area contributed by atoms with Crippen LogP contribution in [0.2, 0.25) is 0 Å². The van der Waals surface area contributed by atoms with Crippen LogP contribution < -0.4 is 5.32 Å². The Kier molecular flexibility index (Phi) is 4.99. The van der Waals surface area contributed by atoms with Gasteiger partial charge in [-0.05, 0) is 32.4 Å². The third-order valence-corrected chi connectivity index (χ3v) is 2.56. The number of amides is 4. The number of urea groups is 1. The molecule has 1 saturated heterocycles. The third-order valence-electron chi connectivity index (χ3n) is 2.36. The maximum Gasteiger partial charge on any atom is 0.407 e. The van der Waals surface area contributed by atoms with Gasteiger partial charge in [0.15, 0.2) is 0 Å². The van der Waals surface area contributed by atoms with Gasteiger partial charge in [0.25, 0.3) is 0 Å². The first-order chi connectivity index (χ1) is 8.70. The lowest BCUT2D eigenvalue weighted by Gasteiger charge is -2.20. The molecular formula is C11H18ClN3O4. The molecule has 0 aromatic heterocycles. The molecule has 1 N–H and O–H groups in total. The minimum atomic E-state index is -0.785. The summed E-state index contributed by atoms with van der Waals surface area (Å²) >= 11 is 5.25. The first kappa shape index (κ1) is 15.6. The van der Waals surface area contributed by atoms with Crippen molar-refractivity contribution in [2.75, 3.05) is 26.2 Å². The van der Waals surface area contributed by atoms with Gasteiger partial charge in [-0.1, -0.05) is 0 Å². The second-order valence-electron chi connectivity index (χ2n) is 5.10. The molecule has 1 aliphatic rings. The number of hydrogen-bond donors (Lipinski definition) is 1. The highest BCUT2D eigenvalue weighted by atomic mass is 35.5. The Hall–Kier alpha value is -1.50. The lowest BCUT2D eigenvalue weighted by Crippen LogP contribution is -2.40. The number of nitrogens with zero attached hydrogens (tertiary/aromatic N) is 2. The number of carbonyl (C=O) groups excluding carboxylic acids is 3. The van der Waals surface area contributed by atoms with E-state index in [9.17, 15) is 14.4 Å². The Bertz CT molecular complexity index is 381. The summed E-state index contributed by atoms with van der Waals surface area (Å²) in [5.41, 5.74) is -0.560. The van der Waals surface area contributed by atoms with E-state index in [2.05, 4.69) is 5.32 Å². The van der Waals surface area contributed by atoms with Crippen molar-refractivity contribution >= 4 is 29.1 Å². The van der Waals surface area contributed by atoms with Crippen LogP contribution in [0.5, 0.6) is 0 Å². The second kappa shape index (κ2) is 6.10. The van der Waals surface area contributed by atoms with Gasteiger partial charge in [-0.15, -0.1) is 0 Å². The molecule has 108 valence electrons. The Morgan fingerprint density at radius 3 is 2.47 bits per heavy atom. The van der Waals surface area contributed by atoms with Gasteiger partial charge in [-0.3, -0.25) is 4.79 Å². The minimum absolute atomic E-state index is 0.255. The lowest BCUT2D eigenvalue weighted by molar-refractivity contribution is 0.0524. The monoisotopic (exact) mass is 291 g/mol. The van der Waals surface area contributed by atoms with Crippen LogP contribution in [0.1, 0.15) is 20.8 Å². The lowest BCUT2D eigenvalue weighted by atomic mass is 10.2. The molecule has 8 heteroatoms. The van der Waals surface area contributed by atoms with Gasteiger partial charge in [-0.25, -0.2) is 14.5 Å². The van der Waals surface area contributed by atoms with E-state index >= 15 is 0 Å². The van der Waals surface area contributed by atoms with Crippen LogP contribution in [0.15, 0.2) is 0 Å². The van der Waals surface area contributed by atoms with Gasteiger partial charge in [0, 0.05) is 26.2 Å². The zero-order chi connectivity index (χ0) is 14.6. The molecule has 0 unspecified atom stereocenters. The van der Waals surface area contributed by atoms with Gasteiger partial charge in [0.2, 0.25) is 0 Å². The van der Waals surface area contributed by atoms with Crippen molar-refractivity contribution in [2.24, 2.45) is 0 Å². The van der Waals surface area contributed by atoms with Crippen molar-refractivity contribution in [2.45, 2.75) is 26.4 Å². The van der Waals surface area contributed by atoms with E-state index in [0.717, 1.165) is 4.90 Å². The zero-order valence-electron chi connectivity index (χ0n) is 11.2. The van der Waals surface area contributed by atoms with Crippen molar-refractivity contribution in [1.82, 2.24) is 15.1 Å². The number of hydrogen-bond acceptors (Lipinski definition) is 4. The quantitative estimate of drug-likeness (QED) is 0.633. The summed E-state index contributed by atoms with van der Waals surface area (Å²) < 4.78 is 5.05. The summed E-state index contributed by atoms with van der Waals surface area (Å²) in [4.78, 5) is 36.3. The minimum Gasteiger partial charge on any atom is -0.444 e.